The van der Waals surface area contributed by atoms with Gasteiger partial charge in [0.05, 0.1) is 6.10 Å². The molecule has 0 aromatic heterocycles. The van der Waals surface area contributed by atoms with E-state index < -0.39 is 6.10 Å². The van der Waals surface area contributed by atoms with Gasteiger partial charge < -0.3 is 5.11 Å². The number of hydrogen-bond acceptors (Lipinski definition) is 1. The van der Waals surface area contributed by atoms with E-state index in [-0.39, 0.29) is 0 Å². The monoisotopic (exact) mass is 332 g/mol. The Morgan fingerprint density at radius 2 is 1.75 bits per heavy atom. The van der Waals surface area contributed by atoms with Gasteiger partial charge in [-0.2, -0.15) is 0 Å². The lowest BCUT2D eigenvalue weighted by Gasteiger charge is -2.14. The number of rotatable bonds is 5. The maximum absolute atomic E-state index is 10.4. The van der Waals surface area contributed by atoms with Crippen LogP contribution in [0.25, 0.3) is 0 Å². The summed E-state index contributed by atoms with van der Waals surface area (Å²) in [5, 5.41) is 10.4. The number of benzene rings is 2. The lowest BCUT2D eigenvalue weighted by molar-refractivity contribution is 0.178. The third-order valence-corrected chi connectivity index (χ3v) is 4.12. The molecule has 0 heterocycles. The highest BCUT2D eigenvalue weighted by Gasteiger charge is 2.11. The smallest absolute Gasteiger partial charge is 0.0830 e. The van der Waals surface area contributed by atoms with Gasteiger partial charge in [-0.1, -0.05) is 72.2 Å². The van der Waals surface area contributed by atoms with E-state index in [1.807, 2.05) is 36.4 Å². The summed E-state index contributed by atoms with van der Waals surface area (Å²) in [5.41, 5.74) is 3.43. The summed E-state index contributed by atoms with van der Waals surface area (Å²) in [5.74, 6) is 0.630. The van der Waals surface area contributed by atoms with Crippen LogP contribution in [0.1, 0.15) is 36.6 Å². The van der Waals surface area contributed by atoms with E-state index in [2.05, 4.69) is 41.9 Å². The third kappa shape index (κ3) is 4.19. The minimum absolute atomic E-state index is 0.458. The van der Waals surface area contributed by atoms with Crippen molar-refractivity contribution in [3.8, 4) is 0 Å². The number of halogens is 1. The maximum atomic E-state index is 10.4. The first-order chi connectivity index (χ1) is 9.56. The van der Waals surface area contributed by atoms with Crippen molar-refractivity contribution in [2.45, 2.75) is 32.8 Å². The van der Waals surface area contributed by atoms with Crippen LogP contribution < -0.4 is 0 Å². The van der Waals surface area contributed by atoms with Crippen LogP contribution in [0.3, 0.4) is 0 Å². The largest absolute Gasteiger partial charge is 0.388 e. The lowest BCUT2D eigenvalue weighted by Crippen LogP contribution is -2.04. The maximum Gasteiger partial charge on any atom is 0.0830 e. The van der Waals surface area contributed by atoms with Crippen molar-refractivity contribution in [1.82, 2.24) is 0 Å². The molecule has 0 saturated carbocycles. The van der Waals surface area contributed by atoms with Gasteiger partial charge in [-0.3, -0.25) is 0 Å². The van der Waals surface area contributed by atoms with Crippen LogP contribution in [-0.4, -0.2) is 5.11 Å². The second-order valence-electron chi connectivity index (χ2n) is 5.65. The zero-order valence-corrected chi connectivity index (χ0v) is 13.6. The molecule has 0 radical (unpaired) electrons. The molecule has 0 bridgehead atoms. The summed E-state index contributed by atoms with van der Waals surface area (Å²) in [6, 6.07) is 16.4. The van der Waals surface area contributed by atoms with Gasteiger partial charge in [0.15, 0.2) is 0 Å². The van der Waals surface area contributed by atoms with E-state index in [4.69, 9.17) is 0 Å². The van der Waals surface area contributed by atoms with Gasteiger partial charge in [-0.25, -0.2) is 0 Å². The highest BCUT2D eigenvalue weighted by molar-refractivity contribution is 9.10. The van der Waals surface area contributed by atoms with Crippen molar-refractivity contribution in [3.05, 3.63) is 69.7 Å². The van der Waals surface area contributed by atoms with Gasteiger partial charge in [-0.15, -0.1) is 0 Å². The van der Waals surface area contributed by atoms with Crippen LogP contribution in [0.2, 0.25) is 0 Å². The molecule has 20 heavy (non-hydrogen) atoms. The van der Waals surface area contributed by atoms with Crippen LogP contribution in [0.4, 0.5) is 0 Å². The number of hydrogen-bond donors (Lipinski definition) is 1. The highest BCUT2D eigenvalue weighted by Crippen LogP contribution is 2.24. The van der Waals surface area contributed by atoms with E-state index in [0.29, 0.717) is 12.3 Å². The van der Waals surface area contributed by atoms with E-state index in [0.717, 1.165) is 22.0 Å². The molecular weight excluding hydrogens is 312 g/mol. The molecule has 1 atom stereocenters. The summed E-state index contributed by atoms with van der Waals surface area (Å²) in [4.78, 5) is 0. The fraction of sp³-hybridized carbons (Fsp3) is 0.333. The molecule has 1 nitrogen and oxygen atoms in total. The SMILES string of the molecule is CC(C)Cc1cccc(C(O)Cc2ccccc2Br)c1. The normalized spacial score (nSPS) is 12.7. The molecule has 0 spiro atoms. The van der Waals surface area contributed by atoms with Crippen molar-refractivity contribution in [2.24, 2.45) is 5.92 Å². The molecule has 1 N–H and O–H groups in total. The molecule has 2 aromatic carbocycles. The topological polar surface area (TPSA) is 20.2 Å². The van der Waals surface area contributed by atoms with Crippen molar-refractivity contribution in [1.29, 1.82) is 0 Å². The van der Waals surface area contributed by atoms with E-state index in [1.165, 1.54) is 5.56 Å². The van der Waals surface area contributed by atoms with Gasteiger partial charge in [-0.05, 0) is 35.1 Å². The van der Waals surface area contributed by atoms with E-state index in [9.17, 15) is 5.11 Å². The van der Waals surface area contributed by atoms with Crippen LogP contribution in [0, 0.1) is 5.92 Å². The summed E-state index contributed by atoms with van der Waals surface area (Å²) < 4.78 is 1.05. The number of aliphatic hydroxyl groups excluding tert-OH is 1. The average molecular weight is 333 g/mol. The fourth-order valence-corrected chi connectivity index (χ4v) is 2.84. The molecule has 1 unspecified atom stereocenters. The molecule has 0 fully saturated rings. The Balaban J connectivity index is 2.13. The Bertz CT molecular complexity index is 563. The van der Waals surface area contributed by atoms with Gasteiger partial charge in [0.1, 0.15) is 0 Å². The first kappa shape index (κ1) is 15.3. The van der Waals surface area contributed by atoms with Crippen molar-refractivity contribution < 1.29 is 5.11 Å². The summed E-state index contributed by atoms with van der Waals surface area (Å²) >= 11 is 3.53. The second-order valence-corrected chi connectivity index (χ2v) is 6.51. The van der Waals surface area contributed by atoms with Gasteiger partial charge in [0, 0.05) is 10.9 Å². The quantitative estimate of drug-likeness (QED) is 0.823. The molecule has 2 aromatic rings. The Morgan fingerprint density at radius 3 is 2.45 bits per heavy atom. The minimum atomic E-state index is -0.458. The Kier molecular flexibility index (Phi) is 5.38. The molecule has 2 heteroatoms. The molecule has 106 valence electrons. The van der Waals surface area contributed by atoms with Crippen molar-refractivity contribution >= 4 is 15.9 Å². The summed E-state index contributed by atoms with van der Waals surface area (Å²) in [6.45, 7) is 4.42. The van der Waals surface area contributed by atoms with Crippen LogP contribution in [0.15, 0.2) is 53.0 Å². The first-order valence-electron chi connectivity index (χ1n) is 7.06. The molecule has 0 amide bonds. The Labute approximate surface area is 129 Å². The molecule has 0 aliphatic heterocycles. The molecule has 0 aliphatic rings. The van der Waals surface area contributed by atoms with Gasteiger partial charge in [0.2, 0.25) is 0 Å². The highest BCUT2D eigenvalue weighted by atomic mass is 79.9. The Morgan fingerprint density at radius 1 is 1.00 bits per heavy atom. The number of aliphatic hydroxyl groups is 1. The molecule has 2 rings (SSSR count). The third-order valence-electron chi connectivity index (χ3n) is 3.35. The second kappa shape index (κ2) is 7.05. The first-order valence-corrected chi connectivity index (χ1v) is 7.86. The van der Waals surface area contributed by atoms with Gasteiger partial charge in [0.25, 0.3) is 0 Å². The fourth-order valence-electron chi connectivity index (χ4n) is 2.39. The van der Waals surface area contributed by atoms with Crippen LogP contribution in [-0.2, 0) is 12.8 Å². The lowest BCUT2D eigenvalue weighted by atomic mass is 9.96. The summed E-state index contributed by atoms with van der Waals surface area (Å²) in [7, 11) is 0. The zero-order valence-electron chi connectivity index (χ0n) is 12.0. The zero-order chi connectivity index (χ0) is 14.5. The van der Waals surface area contributed by atoms with Crippen LogP contribution in [0.5, 0.6) is 0 Å². The van der Waals surface area contributed by atoms with Crippen molar-refractivity contribution in [3.63, 3.8) is 0 Å². The standard InChI is InChI=1S/C18H21BrO/c1-13(2)10-14-6-5-8-16(11-14)18(20)12-15-7-3-4-9-17(15)19/h3-9,11,13,18,20H,10,12H2,1-2H3. The predicted octanol–water partition coefficient (Wildman–Crippen LogP) is 4.92. The average Bonchev–Trinajstić information content (AvgIpc) is 2.41. The molecule has 0 saturated heterocycles. The van der Waals surface area contributed by atoms with E-state index in [1.54, 1.807) is 0 Å². The predicted molar refractivity (Wildman–Crippen MR) is 87.8 cm³/mol. The van der Waals surface area contributed by atoms with Gasteiger partial charge >= 0.3 is 0 Å². The van der Waals surface area contributed by atoms with Crippen LogP contribution >= 0.6 is 15.9 Å². The van der Waals surface area contributed by atoms with E-state index >= 15 is 0 Å². The van der Waals surface area contributed by atoms with Crippen molar-refractivity contribution in [2.75, 3.05) is 0 Å². The summed E-state index contributed by atoms with van der Waals surface area (Å²) in [6.07, 6.45) is 1.23. The Hall–Kier alpha value is -1.12. The molecular formula is C18H21BrO. The molecule has 0 aliphatic carbocycles. The minimum Gasteiger partial charge on any atom is -0.388 e.